The van der Waals surface area contributed by atoms with Gasteiger partial charge in [0.05, 0.1) is 0 Å². The third-order valence-electron chi connectivity index (χ3n) is 3.80. The molecule has 0 saturated heterocycles. The monoisotopic (exact) mass is 397 g/mol. The zero-order valence-electron chi connectivity index (χ0n) is 14.9. The Hall–Kier alpha value is -3.32. The summed E-state index contributed by atoms with van der Waals surface area (Å²) in [6.07, 6.45) is 0. The number of rotatable bonds is 6. The summed E-state index contributed by atoms with van der Waals surface area (Å²) >= 11 is 1.21. The molecule has 5 nitrogen and oxygen atoms in total. The SMILES string of the molecule is CC(=O)Nc1ccc(C(=O)COC(=O)c2ccc(-c3ccc(F)cc3)s2)cc1. The van der Waals surface area contributed by atoms with Crippen molar-refractivity contribution in [2.45, 2.75) is 6.92 Å². The molecule has 0 spiro atoms. The van der Waals surface area contributed by atoms with E-state index in [-0.39, 0.29) is 24.1 Å². The van der Waals surface area contributed by atoms with Crippen LogP contribution in [0.5, 0.6) is 0 Å². The summed E-state index contributed by atoms with van der Waals surface area (Å²) in [6, 6.07) is 15.6. The molecular formula is C21H16FNO4S. The van der Waals surface area contributed by atoms with E-state index >= 15 is 0 Å². The van der Waals surface area contributed by atoms with Crippen molar-refractivity contribution in [2.75, 3.05) is 11.9 Å². The van der Waals surface area contributed by atoms with Crippen LogP contribution in [0.3, 0.4) is 0 Å². The van der Waals surface area contributed by atoms with Crippen LogP contribution in [0.4, 0.5) is 10.1 Å². The van der Waals surface area contributed by atoms with Gasteiger partial charge in [0.15, 0.2) is 12.4 Å². The van der Waals surface area contributed by atoms with Gasteiger partial charge in [-0.05, 0) is 54.1 Å². The van der Waals surface area contributed by atoms with E-state index in [1.165, 1.54) is 30.4 Å². The molecule has 0 aliphatic carbocycles. The molecule has 0 aliphatic heterocycles. The first kappa shape index (κ1) is 19.4. The molecule has 28 heavy (non-hydrogen) atoms. The van der Waals surface area contributed by atoms with Crippen molar-refractivity contribution in [2.24, 2.45) is 0 Å². The Bertz CT molecular complexity index is 1010. The van der Waals surface area contributed by atoms with E-state index in [1.807, 2.05) is 0 Å². The van der Waals surface area contributed by atoms with Crippen LogP contribution in [0.2, 0.25) is 0 Å². The number of ketones is 1. The van der Waals surface area contributed by atoms with Gasteiger partial charge in [-0.15, -0.1) is 11.3 Å². The van der Waals surface area contributed by atoms with Gasteiger partial charge in [0.25, 0.3) is 0 Å². The molecule has 0 aliphatic rings. The van der Waals surface area contributed by atoms with Crippen LogP contribution in [0, 0.1) is 5.82 Å². The molecule has 0 saturated carbocycles. The van der Waals surface area contributed by atoms with E-state index in [4.69, 9.17) is 4.74 Å². The Morgan fingerprint density at radius 2 is 1.64 bits per heavy atom. The molecule has 142 valence electrons. The predicted molar refractivity (Wildman–Crippen MR) is 105 cm³/mol. The van der Waals surface area contributed by atoms with Gasteiger partial charge < -0.3 is 10.1 Å². The number of benzene rings is 2. The molecule has 2 aromatic carbocycles. The minimum absolute atomic E-state index is 0.205. The molecule has 0 atom stereocenters. The summed E-state index contributed by atoms with van der Waals surface area (Å²) in [4.78, 5) is 36.5. The first-order valence-corrected chi connectivity index (χ1v) is 9.18. The number of nitrogens with one attached hydrogen (secondary N) is 1. The molecule has 1 aromatic heterocycles. The van der Waals surface area contributed by atoms with Gasteiger partial charge in [-0.25, -0.2) is 9.18 Å². The topological polar surface area (TPSA) is 72.5 Å². The van der Waals surface area contributed by atoms with Crippen molar-refractivity contribution >= 4 is 34.7 Å². The first-order valence-electron chi connectivity index (χ1n) is 8.36. The molecule has 1 heterocycles. The van der Waals surface area contributed by atoms with Crippen molar-refractivity contribution in [3.05, 3.63) is 76.9 Å². The summed E-state index contributed by atoms with van der Waals surface area (Å²) in [7, 11) is 0. The number of halogens is 1. The van der Waals surface area contributed by atoms with E-state index in [0.717, 1.165) is 10.4 Å². The molecule has 0 radical (unpaired) electrons. The van der Waals surface area contributed by atoms with E-state index in [2.05, 4.69) is 5.32 Å². The van der Waals surface area contributed by atoms with E-state index in [9.17, 15) is 18.8 Å². The number of esters is 1. The summed E-state index contributed by atoms with van der Waals surface area (Å²) in [5.41, 5.74) is 1.74. The van der Waals surface area contributed by atoms with E-state index in [0.29, 0.717) is 16.1 Å². The number of ether oxygens (including phenoxy) is 1. The second-order valence-corrected chi connectivity index (χ2v) is 7.01. The zero-order valence-corrected chi connectivity index (χ0v) is 15.7. The minimum atomic E-state index is -0.596. The summed E-state index contributed by atoms with van der Waals surface area (Å²) < 4.78 is 18.1. The van der Waals surface area contributed by atoms with E-state index in [1.54, 1.807) is 48.5 Å². The molecule has 1 amide bonds. The van der Waals surface area contributed by atoms with Gasteiger partial charge in [0.2, 0.25) is 5.91 Å². The fraction of sp³-hybridized carbons (Fsp3) is 0.0952. The third kappa shape index (κ3) is 4.89. The highest BCUT2D eigenvalue weighted by Crippen LogP contribution is 2.28. The Balaban J connectivity index is 1.58. The average Bonchev–Trinajstić information content (AvgIpc) is 3.17. The van der Waals surface area contributed by atoms with Gasteiger partial charge in [-0.3, -0.25) is 9.59 Å². The van der Waals surface area contributed by atoms with Gasteiger partial charge in [0.1, 0.15) is 10.7 Å². The Labute approximate surface area is 164 Å². The normalized spacial score (nSPS) is 10.4. The Morgan fingerprint density at radius 3 is 2.29 bits per heavy atom. The number of carbonyl (C=O) groups excluding carboxylic acids is 3. The van der Waals surface area contributed by atoms with Crippen LogP contribution in [0.15, 0.2) is 60.7 Å². The molecule has 0 unspecified atom stereocenters. The highest BCUT2D eigenvalue weighted by atomic mass is 32.1. The standard InChI is InChI=1S/C21H16FNO4S/c1-13(24)23-17-8-4-14(5-9-17)18(25)12-27-21(26)20-11-10-19(28-20)15-2-6-16(22)7-3-15/h2-11H,12H2,1H3,(H,23,24). The summed E-state index contributed by atoms with van der Waals surface area (Å²) in [5, 5.41) is 2.61. The maximum Gasteiger partial charge on any atom is 0.348 e. The number of Topliss-reactive ketones (excluding diaryl/α,β-unsaturated/α-hetero) is 1. The van der Waals surface area contributed by atoms with Crippen LogP contribution in [-0.2, 0) is 9.53 Å². The zero-order chi connectivity index (χ0) is 20.1. The molecular weight excluding hydrogens is 381 g/mol. The molecule has 1 N–H and O–H groups in total. The number of anilines is 1. The van der Waals surface area contributed by atoms with Gasteiger partial charge >= 0.3 is 5.97 Å². The van der Waals surface area contributed by atoms with Crippen molar-refractivity contribution in [3.8, 4) is 10.4 Å². The Morgan fingerprint density at radius 1 is 0.964 bits per heavy atom. The molecule has 3 rings (SSSR count). The van der Waals surface area contributed by atoms with Crippen LogP contribution in [0.1, 0.15) is 27.0 Å². The average molecular weight is 397 g/mol. The number of hydrogen-bond acceptors (Lipinski definition) is 5. The smallest absolute Gasteiger partial charge is 0.348 e. The quantitative estimate of drug-likeness (QED) is 0.489. The molecule has 0 bridgehead atoms. The molecule has 7 heteroatoms. The van der Waals surface area contributed by atoms with Crippen LogP contribution >= 0.6 is 11.3 Å². The second-order valence-electron chi connectivity index (χ2n) is 5.93. The van der Waals surface area contributed by atoms with Crippen molar-refractivity contribution < 1.29 is 23.5 Å². The highest BCUT2D eigenvalue weighted by Gasteiger charge is 2.15. The maximum atomic E-state index is 13.0. The maximum absolute atomic E-state index is 13.0. The van der Waals surface area contributed by atoms with Crippen molar-refractivity contribution in [3.63, 3.8) is 0 Å². The lowest BCUT2D eigenvalue weighted by molar-refractivity contribution is -0.114. The van der Waals surface area contributed by atoms with Crippen molar-refractivity contribution in [1.29, 1.82) is 0 Å². The number of amides is 1. The number of hydrogen-bond donors (Lipinski definition) is 1. The second kappa shape index (κ2) is 8.58. The molecule has 3 aromatic rings. The Kier molecular flexibility index (Phi) is 5.96. The van der Waals surface area contributed by atoms with Crippen LogP contribution in [0.25, 0.3) is 10.4 Å². The minimum Gasteiger partial charge on any atom is -0.453 e. The number of thiophene rings is 1. The fourth-order valence-electron chi connectivity index (χ4n) is 2.45. The number of carbonyl (C=O) groups is 3. The fourth-order valence-corrected chi connectivity index (χ4v) is 3.35. The molecule has 0 fully saturated rings. The lowest BCUT2D eigenvalue weighted by atomic mass is 10.1. The van der Waals surface area contributed by atoms with Gasteiger partial charge in [-0.2, -0.15) is 0 Å². The lowest BCUT2D eigenvalue weighted by Crippen LogP contribution is -2.13. The van der Waals surface area contributed by atoms with Crippen molar-refractivity contribution in [1.82, 2.24) is 0 Å². The van der Waals surface area contributed by atoms with Gasteiger partial charge in [-0.1, -0.05) is 12.1 Å². The summed E-state index contributed by atoms with van der Waals surface area (Å²) in [5.74, 6) is -1.48. The highest BCUT2D eigenvalue weighted by molar-refractivity contribution is 7.17. The predicted octanol–water partition coefficient (Wildman–Crippen LogP) is 4.55. The van der Waals surface area contributed by atoms with E-state index < -0.39 is 5.97 Å². The largest absolute Gasteiger partial charge is 0.453 e. The van der Waals surface area contributed by atoms with Gasteiger partial charge in [0, 0.05) is 23.1 Å². The van der Waals surface area contributed by atoms with Crippen LogP contribution < -0.4 is 5.32 Å². The summed E-state index contributed by atoms with van der Waals surface area (Å²) in [6.45, 7) is 1.01. The first-order chi connectivity index (χ1) is 13.4. The third-order valence-corrected chi connectivity index (χ3v) is 4.91. The lowest BCUT2D eigenvalue weighted by Gasteiger charge is -2.05. The van der Waals surface area contributed by atoms with Crippen LogP contribution in [-0.4, -0.2) is 24.3 Å².